The van der Waals surface area contributed by atoms with E-state index in [4.69, 9.17) is 27.2 Å². The van der Waals surface area contributed by atoms with Gasteiger partial charge in [0.1, 0.15) is 12.2 Å². The molecular formula is C12H14ClNO4. The third-order valence-electron chi connectivity index (χ3n) is 2.39. The van der Waals surface area contributed by atoms with Gasteiger partial charge < -0.3 is 15.6 Å². The molecule has 0 radical (unpaired) electrons. The van der Waals surface area contributed by atoms with Crippen molar-refractivity contribution in [1.82, 2.24) is 0 Å². The van der Waals surface area contributed by atoms with Gasteiger partial charge in [0.05, 0.1) is 10.4 Å². The molecular weight excluding hydrogens is 258 g/mol. The number of carboxylic acids is 1. The third kappa shape index (κ3) is 3.13. The van der Waals surface area contributed by atoms with Crippen molar-refractivity contribution in [2.75, 3.05) is 12.3 Å². The van der Waals surface area contributed by atoms with E-state index in [9.17, 15) is 9.59 Å². The van der Waals surface area contributed by atoms with Gasteiger partial charge in [-0.1, -0.05) is 17.7 Å². The average molecular weight is 272 g/mol. The maximum atomic E-state index is 11.8. The highest BCUT2D eigenvalue weighted by Crippen LogP contribution is 2.24. The van der Waals surface area contributed by atoms with E-state index < -0.39 is 17.4 Å². The topological polar surface area (TPSA) is 89.6 Å². The van der Waals surface area contributed by atoms with Gasteiger partial charge in [0, 0.05) is 5.69 Å². The first-order chi connectivity index (χ1) is 8.25. The van der Waals surface area contributed by atoms with Crippen LogP contribution in [-0.4, -0.2) is 23.7 Å². The number of nitrogens with two attached hydrogens (primary N) is 1. The van der Waals surface area contributed by atoms with Crippen molar-refractivity contribution in [3.8, 4) is 0 Å². The molecule has 6 heteroatoms. The van der Waals surface area contributed by atoms with E-state index in [2.05, 4.69) is 0 Å². The van der Waals surface area contributed by atoms with E-state index in [1.165, 1.54) is 26.0 Å². The van der Waals surface area contributed by atoms with Gasteiger partial charge in [0.2, 0.25) is 0 Å². The molecule has 0 aliphatic rings. The van der Waals surface area contributed by atoms with Crippen LogP contribution in [0.1, 0.15) is 24.2 Å². The van der Waals surface area contributed by atoms with Crippen molar-refractivity contribution < 1.29 is 19.4 Å². The number of anilines is 1. The van der Waals surface area contributed by atoms with Crippen molar-refractivity contribution in [2.24, 2.45) is 5.41 Å². The molecule has 0 aliphatic carbocycles. The SMILES string of the molecule is CC(C)(COC(=O)c1c(N)cccc1Cl)C(=O)O. The van der Waals surface area contributed by atoms with Gasteiger partial charge in [-0.15, -0.1) is 0 Å². The second kappa shape index (κ2) is 5.27. The molecule has 0 bridgehead atoms. The Hall–Kier alpha value is -1.75. The van der Waals surface area contributed by atoms with Crippen molar-refractivity contribution in [3.05, 3.63) is 28.8 Å². The Labute approximate surface area is 109 Å². The van der Waals surface area contributed by atoms with Gasteiger partial charge in [-0.2, -0.15) is 0 Å². The lowest BCUT2D eigenvalue weighted by Crippen LogP contribution is -2.30. The number of nitrogen functional groups attached to an aromatic ring is 1. The number of hydrogen-bond donors (Lipinski definition) is 2. The van der Waals surface area contributed by atoms with Crippen LogP contribution in [-0.2, 0) is 9.53 Å². The van der Waals surface area contributed by atoms with Crippen LogP contribution in [0.3, 0.4) is 0 Å². The van der Waals surface area contributed by atoms with Crippen molar-refractivity contribution in [3.63, 3.8) is 0 Å². The number of aliphatic carboxylic acids is 1. The lowest BCUT2D eigenvalue weighted by molar-refractivity contribution is -0.149. The Bertz CT molecular complexity index is 465. The van der Waals surface area contributed by atoms with Crippen molar-refractivity contribution in [1.29, 1.82) is 0 Å². The number of carbonyl (C=O) groups is 2. The number of hydrogen-bond acceptors (Lipinski definition) is 4. The number of benzene rings is 1. The van der Waals surface area contributed by atoms with E-state index >= 15 is 0 Å². The summed E-state index contributed by atoms with van der Waals surface area (Å²) in [6, 6.07) is 4.64. The third-order valence-corrected chi connectivity index (χ3v) is 2.71. The first-order valence-electron chi connectivity index (χ1n) is 5.20. The highest BCUT2D eigenvalue weighted by molar-refractivity contribution is 6.34. The number of rotatable bonds is 4. The minimum atomic E-state index is -1.16. The van der Waals surface area contributed by atoms with Gasteiger partial charge in [-0.25, -0.2) is 4.79 Å². The van der Waals surface area contributed by atoms with Crippen LogP contribution in [0, 0.1) is 5.41 Å². The van der Waals surface area contributed by atoms with E-state index in [0.717, 1.165) is 0 Å². The minimum absolute atomic E-state index is 0.0559. The summed E-state index contributed by atoms with van der Waals surface area (Å²) in [4.78, 5) is 22.6. The molecule has 98 valence electrons. The maximum Gasteiger partial charge on any atom is 0.341 e. The zero-order valence-corrected chi connectivity index (χ0v) is 10.8. The van der Waals surface area contributed by atoms with Crippen LogP contribution >= 0.6 is 11.6 Å². The maximum absolute atomic E-state index is 11.8. The zero-order chi connectivity index (χ0) is 13.9. The standard InChI is InChI=1S/C12H14ClNO4/c1-12(2,11(16)17)6-18-10(15)9-7(13)4-3-5-8(9)14/h3-5H,6,14H2,1-2H3,(H,16,17). The van der Waals surface area contributed by atoms with Gasteiger partial charge in [0.15, 0.2) is 0 Å². The highest BCUT2D eigenvalue weighted by atomic mass is 35.5. The lowest BCUT2D eigenvalue weighted by atomic mass is 9.95. The molecule has 0 atom stereocenters. The summed E-state index contributed by atoms with van der Waals surface area (Å²) in [5, 5.41) is 9.07. The molecule has 0 fully saturated rings. The van der Waals surface area contributed by atoms with Gasteiger partial charge >= 0.3 is 11.9 Å². The van der Waals surface area contributed by atoms with E-state index in [0.29, 0.717) is 0 Å². The summed E-state index contributed by atoms with van der Waals surface area (Å²) >= 11 is 5.84. The molecule has 0 heterocycles. The predicted molar refractivity (Wildman–Crippen MR) is 67.6 cm³/mol. The smallest absolute Gasteiger partial charge is 0.341 e. The molecule has 3 N–H and O–H groups in total. The lowest BCUT2D eigenvalue weighted by Gasteiger charge is -2.19. The first-order valence-corrected chi connectivity index (χ1v) is 5.58. The van der Waals surface area contributed by atoms with Crippen LogP contribution in [0.25, 0.3) is 0 Å². The number of halogens is 1. The summed E-state index contributed by atoms with van der Waals surface area (Å²) in [6.07, 6.45) is 0. The largest absolute Gasteiger partial charge is 0.481 e. The van der Waals surface area contributed by atoms with Crippen LogP contribution in [0.2, 0.25) is 5.02 Å². The highest BCUT2D eigenvalue weighted by Gasteiger charge is 2.29. The molecule has 0 saturated carbocycles. The summed E-state index contributed by atoms with van der Waals surface area (Å²) < 4.78 is 4.93. The Kier molecular flexibility index (Phi) is 4.19. The normalized spacial score (nSPS) is 11.1. The summed E-state index contributed by atoms with van der Waals surface area (Å²) in [7, 11) is 0. The van der Waals surface area contributed by atoms with E-state index in [1.807, 2.05) is 0 Å². The van der Waals surface area contributed by atoms with Crippen LogP contribution in [0.5, 0.6) is 0 Å². The number of esters is 1. The predicted octanol–water partition coefficient (Wildman–Crippen LogP) is 2.19. The molecule has 0 unspecified atom stereocenters. The van der Waals surface area contributed by atoms with Gasteiger partial charge in [-0.05, 0) is 26.0 Å². The number of carboxylic acid groups (broad SMARTS) is 1. The molecule has 0 saturated heterocycles. The summed E-state index contributed by atoms with van der Waals surface area (Å²) in [5.41, 5.74) is 4.71. The zero-order valence-electron chi connectivity index (χ0n) is 10.1. The molecule has 0 amide bonds. The monoisotopic (exact) mass is 271 g/mol. The van der Waals surface area contributed by atoms with Crippen LogP contribution in [0.4, 0.5) is 5.69 Å². The van der Waals surface area contributed by atoms with Crippen molar-refractivity contribution in [2.45, 2.75) is 13.8 Å². The summed E-state index contributed by atoms with van der Waals surface area (Å²) in [6.45, 7) is 2.66. The number of ether oxygens (including phenoxy) is 1. The number of carbonyl (C=O) groups excluding carboxylic acids is 1. The molecule has 18 heavy (non-hydrogen) atoms. The van der Waals surface area contributed by atoms with Gasteiger partial charge in [-0.3, -0.25) is 4.79 Å². The molecule has 1 rings (SSSR count). The average Bonchev–Trinajstić information content (AvgIpc) is 2.26. The molecule has 5 nitrogen and oxygen atoms in total. The Morgan fingerprint density at radius 1 is 1.44 bits per heavy atom. The summed E-state index contributed by atoms with van der Waals surface area (Å²) in [5.74, 6) is -1.78. The van der Waals surface area contributed by atoms with Crippen LogP contribution < -0.4 is 5.73 Å². The fourth-order valence-electron chi connectivity index (χ4n) is 1.14. The Balaban J connectivity index is 2.82. The molecule has 1 aromatic rings. The van der Waals surface area contributed by atoms with Crippen molar-refractivity contribution >= 4 is 29.2 Å². The van der Waals surface area contributed by atoms with Gasteiger partial charge in [0.25, 0.3) is 0 Å². The Morgan fingerprint density at radius 3 is 2.56 bits per heavy atom. The molecule has 0 spiro atoms. The van der Waals surface area contributed by atoms with Crippen LogP contribution in [0.15, 0.2) is 18.2 Å². The van der Waals surface area contributed by atoms with E-state index in [-0.39, 0.29) is 22.9 Å². The first kappa shape index (κ1) is 14.3. The second-order valence-electron chi connectivity index (χ2n) is 4.47. The quantitative estimate of drug-likeness (QED) is 0.647. The molecule has 0 aromatic heterocycles. The fraction of sp³-hybridized carbons (Fsp3) is 0.333. The van der Waals surface area contributed by atoms with E-state index in [1.54, 1.807) is 6.07 Å². The second-order valence-corrected chi connectivity index (χ2v) is 4.88. The molecule has 1 aromatic carbocycles. The molecule has 0 aliphatic heterocycles. The fourth-order valence-corrected chi connectivity index (χ4v) is 1.40. The minimum Gasteiger partial charge on any atom is -0.481 e. The Morgan fingerprint density at radius 2 is 2.06 bits per heavy atom.